The van der Waals surface area contributed by atoms with E-state index in [0.29, 0.717) is 10.7 Å². The van der Waals surface area contributed by atoms with Gasteiger partial charge in [-0.2, -0.15) is 12.6 Å². The average Bonchev–Trinajstić information content (AvgIpc) is 3.35. The van der Waals surface area contributed by atoms with Crippen LogP contribution in [-0.4, -0.2) is 72.9 Å². The number of hydrogen-bond acceptors (Lipinski definition) is 10. The van der Waals surface area contributed by atoms with Gasteiger partial charge >= 0.3 is 41.6 Å². The zero-order chi connectivity index (χ0) is 22.7. The quantitative estimate of drug-likeness (QED) is 0.134. The first-order valence-corrected chi connectivity index (χ1v) is 10.7. The molecule has 2 saturated heterocycles. The van der Waals surface area contributed by atoms with Crippen molar-refractivity contribution in [2.24, 2.45) is 0 Å². The van der Waals surface area contributed by atoms with Gasteiger partial charge in [-0.15, -0.1) is 10.2 Å². The SMILES string of the molecule is Nc1nnc(C(S)C2=C(C(=O)O)N3C(=O)[C@@H]4[C@H]3[C@@H](CN4C(=O)Nc3ccc(O)cc3)O2)s1.[H-].[Na+]. The smallest absolute Gasteiger partial charge is 1.00 e. The number of phenolic OH excluding ortho intramolecular Hbond substituents is 1. The number of anilines is 2. The number of urea groups is 1. The topological polar surface area (TPSA) is 171 Å². The number of carboxylic acid groups (broad SMARTS) is 1. The second kappa shape index (κ2) is 8.68. The van der Waals surface area contributed by atoms with Crippen LogP contribution in [0.4, 0.5) is 15.6 Å². The van der Waals surface area contributed by atoms with Crippen LogP contribution in [0.3, 0.4) is 0 Å². The summed E-state index contributed by atoms with van der Waals surface area (Å²) in [6.45, 7) is 0.0661. The molecule has 3 aliphatic rings. The number of nitrogens with zero attached hydrogens (tertiary/aromatic N) is 4. The Labute approximate surface area is 219 Å². The van der Waals surface area contributed by atoms with E-state index in [9.17, 15) is 24.6 Å². The van der Waals surface area contributed by atoms with E-state index in [1.165, 1.54) is 29.2 Å². The van der Waals surface area contributed by atoms with E-state index in [4.69, 9.17) is 10.5 Å². The number of carboxylic acids is 1. The first-order valence-electron chi connectivity index (χ1n) is 9.37. The first-order chi connectivity index (χ1) is 15.3. The Morgan fingerprint density at radius 1 is 1.33 bits per heavy atom. The van der Waals surface area contributed by atoms with Gasteiger partial charge in [0.2, 0.25) is 5.13 Å². The number of ether oxygens (including phenoxy) is 1. The summed E-state index contributed by atoms with van der Waals surface area (Å²) in [6.07, 6.45) is -0.638. The first kappa shape index (κ1) is 23.6. The molecule has 3 amide bonds. The number of likely N-dealkylation sites (tertiary alicyclic amines) is 1. The number of carbonyl (C=O) groups excluding carboxylic acids is 2. The molecule has 2 aromatic rings. The number of thiol groups is 1. The Morgan fingerprint density at radius 2 is 2.03 bits per heavy atom. The number of phenols is 1. The molecule has 1 aromatic carbocycles. The molecule has 12 nitrogen and oxygen atoms in total. The van der Waals surface area contributed by atoms with Gasteiger partial charge in [0.1, 0.15) is 40.0 Å². The summed E-state index contributed by atoms with van der Waals surface area (Å²) >= 11 is 5.47. The van der Waals surface area contributed by atoms with Crippen molar-refractivity contribution in [1.82, 2.24) is 20.0 Å². The van der Waals surface area contributed by atoms with Crippen LogP contribution in [0.5, 0.6) is 5.75 Å². The molecule has 0 saturated carbocycles. The van der Waals surface area contributed by atoms with E-state index in [0.717, 1.165) is 16.2 Å². The fourth-order valence-electron chi connectivity index (χ4n) is 4.12. The minimum Gasteiger partial charge on any atom is -1.00 e. The predicted molar refractivity (Wildman–Crippen MR) is 115 cm³/mol. The fraction of sp³-hybridized carbons (Fsp3) is 0.278. The van der Waals surface area contributed by atoms with Crippen LogP contribution >= 0.6 is 24.0 Å². The van der Waals surface area contributed by atoms with Crippen LogP contribution in [0, 0.1) is 0 Å². The minimum absolute atomic E-state index is 0. The van der Waals surface area contributed by atoms with Crippen LogP contribution in [0.25, 0.3) is 0 Å². The summed E-state index contributed by atoms with van der Waals surface area (Å²) in [4.78, 5) is 40.3. The van der Waals surface area contributed by atoms with Crippen molar-refractivity contribution in [3.63, 3.8) is 0 Å². The van der Waals surface area contributed by atoms with Crippen LogP contribution in [-0.2, 0) is 14.3 Å². The summed E-state index contributed by atoms with van der Waals surface area (Å²) in [5.41, 5.74) is 5.71. The Balaban J connectivity index is 0.00000162. The molecule has 1 aromatic heterocycles. The van der Waals surface area contributed by atoms with E-state index >= 15 is 0 Å². The van der Waals surface area contributed by atoms with Gasteiger partial charge in [0.15, 0.2) is 5.70 Å². The number of aromatic nitrogens is 2. The normalized spacial score (nSPS) is 23.8. The zero-order valence-electron chi connectivity index (χ0n) is 18.1. The van der Waals surface area contributed by atoms with Crippen molar-refractivity contribution in [2.45, 2.75) is 23.4 Å². The molecular weight excluding hydrogens is 483 g/mol. The zero-order valence-corrected chi connectivity index (χ0v) is 20.8. The number of amides is 3. The van der Waals surface area contributed by atoms with Gasteiger partial charge in [0, 0.05) is 5.69 Å². The Kier molecular flexibility index (Phi) is 6.22. The number of aromatic hydroxyl groups is 1. The molecule has 33 heavy (non-hydrogen) atoms. The van der Waals surface area contributed by atoms with E-state index in [1.807, 2.05) is 0 Å². The average molecular weight is 500 g/mol. The van der Waals surface area contributed by atoms with E-state index in [2.05, 4.69) is 28.1 Å². The molecule has 4 atom stereocenters. The summed E-state index contributed by atoms with van der Waals surface area (Å²) in [6, 6.07) is 3.87. The van der Waals surface area contributed by atoms with Gasteiger partial charge in [-0.1, -0.05) is 11.3 Å². The number of carbonyl (C=O) groups is 3. The number of β-lactam (4-membered cyclic amide) rings is 1. The van der Waals surface area contributed by atoms with E-state index in [1.54, 1.807) is 0 Å². The Morgan fingerprint density at radius 3 is 2.64 bits per heavy atom. The van der Waals surface area contributed by atoms with E-state index in [-0.39, 0.29) is 59.9 Å². The number of benzene rings is 1. The third kappa shape index (κ3) is 3.81. The molecule has 0 spiro atoms. The maximum atomic E-state index is 12.9. The monoisotopic (exact) mass is 500 g/mol. The summed E-state index contributed by atoms with van der Waals surface area (Å²) in [5, 5.41) is 29.1. The maximum absolute atomic E-state index is 12.9. The molecule has 5 rings (SSSR count). The molecule has 1 unspecified atom stereocenters. The second-order valence-corrected chi connectivity index (χ2v) is 8.89. The number of hydrogen-bond donors (Lipinski definition) is 5. The van der Waals surface area contributed by atoms with Crippen molar-refractivity contribution in [3.8, 4) is 5.75 Å². The van der Waals surface area contributed by atoms with Gasteiger partial charge in [-0.25, -0.2) is 9.59 Å². The van der Waals surface area contributed by atoms with Crippen LogP contribution in [0.15, 0.2) is 35.7 Å². The molecule has 4 heterocycles. The number of nitrogens with one attached hydrogen (secondary N) is 1. The minimum atomic E-state index is -1.35. The molecule has 3 aliphatic heterocycles. The van der Waals surface area contributed by atoms with Crippen LogP contribution in [0.2, 0.25) is 0 Å². The summed E-state index contributed by atoms with van der Waals surface area (Å²) < 4.78 is 5.98. The van der Waals surface area contributed by atoms with Crippen molar-refractivity contribution in [3.05, 3.63) is 40.7 Å². The summed E-state index contributed by atoms with van der Waals surface area (Å²) in [7, 11) is 0. The molecule has 0 aliphatic carbocycles. The third-order valence-electron chi connectivity index (χ3n) is 5.48. The molecule has 15 heteroatoms. The molecule has 0 radical (unpaired) electrons. The molecule has 0 bridgehead atoms. The van der Waals surface area contributed by atoms with E-state index < -0.39 is 41.3 Å². The van der Waals surface area contributed by atoms with Crippen molar-refractivity contribution in [1.29, 1.82) is 0 Å². The van der Waals surface area contributed by atoms with Gasteiger partial charge < -0.3 is 32.3 Å². The Bertz CT molecular complexity index is 1180. The number of aliphatic carboxylic acids is 1. The summed E-state index contributed by atoms with van der Waals surface area (Å²) in [5.74, 6) is -1.87. The van der Waals surface area contributed by atoms with Crippen molar-refractivity contribution in [2.75, 3.05) is 17.6 Å². The molecular formula is C18H17N6NaO6S2. The number of nitrogen functional groups attached to an aromatic ring is 1. The van der Waals surface area contributed by atoms with Crippen LogP contribution < -0.4 is 40.6 Å². The fourth-order valence-corrected chi connectivity index (χ4v) is 5.11. The maximum Gasteiger partial charge on any atom is 1.00 e. The van der Waals surface area contributed by atoms with Gasteiger partial charge in [-0.05, 0) is 24.3 Å². The van der Waals surface area contributed by atoms with Crippen LogP contribution in [0.1, 0.15) is 11.7 Å². The van der Waals surface area contributed by atoms with Crippen molar-refractivity contribution < 1.29 is 60.3 Å². The third-order valence-corrected chi connectivity index (χ3v) is 6.95. The number of nitrogens with two attached hydrogens (primary N) is 1. The number of rotatable bonds is 4. The Hall–Kier alpha value is -2.52. The van der Waals surface area contributed by atoms with Gasteiger partial charge in [0.25, 0.3) is 5.91 Å². The largest absolute Gasteiger partial charge is 1.00 e. The van der Waals surface area contributed by atoms with Gasteiger partial charge in [-0.3, -0.25) is 9.69 Å². The molecule has 2 fully saturated rings. The molecule has 5 N–H and O–H groups in total. The standard InChI is InChI=1S/C18H16N6O6S2.Na.H/c19-17-22-21-14(32-17)13(31)12-11(16(27)28)24-9-8(30-12)5-23(10(9)15(24)26)18(29)20-6-1-3-7(25)4-2-6;;/h1-4,8-10,13,25,31H,5H2,(H2,19,22)(H,20,29)(H,27,28);;/q;+1;-1/t8-,9-,10+,13?;;/m1../s1. The van der Waals surface area contributed by atoms with Crippen molar-refractivity contribution >= 4 is 52.7 Å². The molecule has 168 valence electrons. The predicted octanol–water partition coefficient (Wildman–Crippen LogP) is -2.26. The second-order valence-electron chi connectivity index (χ2n) is 7.33. The van der Waals surface area contributed by atoms with Gasteiger partial charge in [0.05, 0.1) is 6.54 Å².